The number of fused-ring (bicyclic) bond motifs is 1. The number of carbonyl (C=O) groups excluding carboxylic acids is 1. The number of hydrogen-bond acceptors (Lipinski definition) is 5. The van der Waals surface area contributed by atoms with Gasteiger partial charge in [0.2, 0.25) is 0 Å². The number of halogens is 2. The maximum Gasteiger partial charge on any atom is 0.345 e. The maximum absolute atomic E-state index is 13.6. The SMILES string of the molecule is Cc1cn(-c2cc(C(=O)NC3CC3)ccn2)c2ccc(N(CP(=O)(O)O)S(=O)(=O)c3cc(Cl)cc(Cl)c3)cc12. The van der Waals surface area contributed by atoms with Crippen molar-refractivity contribution in [3.63, 3.8) is 0 Å². The second kappa shape index (κ2) is 10.2. The van der Waals surface area contributed by atoms with Gasteiger partial charge in [0, 0.05) is 39.4 Å². The second-order valence-corrected chi connectivity index (χ2v) is 13.6. The van der Waals surface area contributed by atoms with Crippen LogP contribution in [0, 0.1) is 6.92 Å². The zero-order chi connectivity index (χ0) is 28.1. The van der Waals surface area contributed by atoms with Crippen LogP contribution < -0.4 is 9.62 Å². The lowest BCUT2D eigenvalue weighted by atomic mass is 10.2. The number of nitrogens with one attached hydrogen (secondary N) is 1. The molecule has 204 valence electrons. The van der Waals surface area contributed by atoms with Crippen LogP contribution in [0.15, 0.2) is 65.8 Å². The summed E-state index contributed by atoms with van der Waals surface area (Å²) in [4.78, 5) is 36.1. The first-order valence-electron chi connectivity index (χ1n) is 11.7. The van der Waals surface area contributed by atoms with Crippen molar-refractivity contribution in [3.8, 4) is 5.82 Å². The Balaban J connectivity index is 1.58. The molecule has 0 unspecified atom stereocenters. The molecular weight excluding hydrogens is 586 g/mol. The highest BCUT2D eigenvalue weighted by Gasteiger charge is 2.32. The zero-order valence-electron chi connectivity index (χ0n) is 20.5. The number of anilines is 1. The average Bonchev–Trinajstić information content (AvgIpc) is 3.62. The number of benzene rings is 2. The number of aryl methyl sites for hydroxylation is 1. The van der Waals surface area contributed by atoms with Crippen molar-refractivity contribution in [3.05, 3.63) is 82.1 Å². The van der Waals surface area contributed by atoms with E-state index in [2.05, 4.69) is 10.3 Å². The van der Waals surface area contributed by atoms with E-state index >= 15 is 0 Å². The van der Waals surface area contributed by atoms with E-state index in [1.165, 1.54) is 24.4 Å². The molecule has 5 rings (SSSR count). The summed E-state index contributed by atoms with van der Waals surface area (Å²) in [5, 5.41) is 3.68. The third-order valence-corrected chi connectivity index (χ3v) is 9.21. The number of carbonyl (C=O) groups is 1. The fourth-order valence-corrected chi connectivity index (χ4v) is 7.59. The van der Waals surface area contributed by atoms with E-state index in [0.717, 1.165) is 30.5 Å². The third kappa shape index (κ3) is 5.99. The average molecular weight is 609 g/mol. The van der Waals surface area contributed by atoms with Gasteiger partial charge in [0.25, 0.3) is 15.9 Å². The van der Waals surface area contributed by atoms with Crippen LogP contribution in [0.4, 0.5) is 5.69 Å². The zero-order valence-corrected chi connectivity index (χ0v) is 23.7. The summed E-state index contributed by atoms with van der Waals surface area (Å²) in [7, 11) is -9.31. The molecule has 3 N–H and O–H groups in total. The standard InChI is InChI=1S/C25H23Cl2N4O6PS/c1-15-13-30(24-8-16(6-7-28-24)25(32)29-19-2-3-19)23-5-4-20(12-22(15)23)31(14-38(33,34)35)39(36,37)21-10-17(26)9-18(27)11-21/h4-13,19H,2-3,14H2,1H3,(H,29,32)(H2,33,34,35). The largest absolute Gasteiger partial charge is 0.349 e. The number of sulfonamides is 1. The summed E-state index contributed by atoms with van der Waals surface area (Å²) in [5.74, 6) is 0.300. The topological polar surface area (TPSA) is 142 Å². The molecule has 0 bridgehead atoms. The van der Waals surface area contributed by atoms with Crippen LogP contribution in [0.3, 0.4) is 0 Å². The van der Waals surface area contributed by atoms with Crippen molar-refractivity contribution in [2.75, 3.05) is 10.6 Å². The highest BCUT2D eigenvalue weighted by Crippen LogP contribution is 2.41. The molecule has 0 saturated heterocycles. The highest BCUT2D eigenvalue weighted by molar-refractivity contribution is 7.93. The Kier molecular flexibility index (Phi) is 7.26. The Bertz CT molecular complexity index is 1750. The molecule has 2 aromatic heterocycles. The van der Waals surface area contributed by atoms with Crippen LogP contribution in [-0.2, 0) is 14.6 Å². The molecule has 1 saturated carbocycles. The molecule has 1 aliphatic carbocycles. The number of aromatic nitrogens is 2. The smallest absolute Gasteiger partial charge is 0.345 e. The molecule has 39 heavy (non-hydrogen) atoms. The first-order chi connectivity index (χ1) is 18.3. The minimum Gasteiger partial charge on any atom is -0.349 e. The molecule has 0 aliphatic heterocycles. The Morgan fingerprint density at radius 3 is 2.46 bits per heavy atom. The number of pyridine rings is 1. The molecule has 0 spiro atoms. The first kappa shape index (κ1) is 27.6. The van der Waals surface area contributed by atoms with E-state index in [0.29, 0.717) is 26.6 Å². The molecule has 1 amide bonds. The van der Waals surface area contributed by atoms with E-state index in [1.807, 2.05) is 6.92 Å². The summed E-state index contributed by atoms with van der Waals surface area (Å²) in [5.41, 5.74) is 1.90. The lowest BCUT2D eigenvalue weighted by Crippen LogP contribution is -2.32. The predicted molar refractivity (Wildman–Crippen MR) is 149 cm³/mol. The summed E-state index contributed by atoms with van der Waals surface area (Å²) in [6.07, 6.45) is 4.17. The van der Waals surface area contributed by atoms with Gasteiger partial charge < -0.3 is 19.7 Å². The monoisotopic (exact) mass is 608 g/mol. The molecule has 14 heteroatoms. The number of amides is 1. The molecule has 2 heterocycles. The van der Waals surface area contributed by atoms with Crippen molar-refractivity contribution in [1.29, 1.82) is 0 Å². The summed E-state index contributed by atoms with van der Waals surface area (Å²) >= 11 is 12.0. The number of nitrogens with zero attached hydrogens (tertiary/aromatic N) is 3. The predicted octanol–water partition coefficient (Wildman–Crippen LogP) is 4.86. The van der Waals surface area contributed by atoms with Crippen molar-refractivity contribution >= 4 is 63.3 Å². The Morgan fingerprint density at radius 1 is 1.13 bits per heavy atom. The Labute approximate surface area is 234 Å². The number of hydrogen-bond donors (Lipinski definition) is 3. The van der Waals surface area contributed by atoms with E-state index in [-0.39, 0.29) is 32.6 Å². The van der Waals surface area contributed by atoms with Gasteiger partial charge in [-0.1, -0.05) is 23.2 Å². The molecular formula is C25H23Cl2N4O6PS. The van der Waals surface area contributed by atoms with Gasteiger partial charge in [-0.05, 0) is 73.9 Å². The third-order valence-electron chi connectivity index (χ3n) is 6.18. The number of rotatable bonds is 8. The van der Waals surface area contributed by atoms with Crippen LogP contribution in [-0.4, -0.2) is 46.0 Å². The van der Waals surface area contributed by atoms with Gasteiger partial charge in [0.1, 0.15) is 12.1 Å². The summed E-state index contributed by atoms with van der Waals surface area (Å²) in [6.45, 7) is 1.81. The Morgan fingerprint density at radius 2 is 1.82 bits per heavy atom. The molecule has 1 fully saturated rings. The van der Waals surface area contributed by atoms with Gasteiger partial charge in [0.05, 0.1) is 16.1 Å². The highest BCUT2D eigenvalue weighted by atomic mass is 35.5. The van der Waals surface area contributed by atoms with Crippen molar-refractivity contribution in [2.45, 2.75) is 30.7 Å². The van der Waals surface area contributed by atoms with E-state index in [9.17, 15) is 27.6 Å². The van der Waals surface area contributed by atoms with Gasteiger partial charge in [-0.2, -0.15) is 0 Å². The fraction of sp³-hybridized carbons (Fsp3) is 0.200. The van der Waals surface area contributed by atoms with Gasteiger partial charge in [-0.3, -0.25) is 13.7 Å². The van der Waals surface area contributed by atoms with Gasteiger partial charge in [-0.25, -0.2) is 13.4 Å². The molecule has 10 nitrogen and oxygen atoms in total. The van der Waals surface area contributed by atoms with E-state index in [1.54, 1.807) is 29.0 Å². The van der Waals surface area contributed by atoms with Gasteiger partial charge in [-0.15, -0.1) is 0 Å². The lowest BCUT2D eigenvalue weighted by Gasteiger charge is -2.25. The molecule has 4 aromatic rings. The summed E-state index contributed by atoms with van der Waals surface area (Å²) in [6, 6.07) is 11.8. The van der Waals surface area contributed by atoms with Crippen LogP contribution >= 0.6 is 30.8 Å². The van der Waals surface area contributed by atoms with E-state index in [4.69, 9.17) is 23.2 Å². The molecule has 1 aliphatic rings. The normalized spacial score (nSPS) is 14.0. The van der Waals surface area contributed by atoms with Gasteiger partial charge in [0.15, 0.2) is 0 Å². The minimum absolute atomic E-state index is 0.0355. The first-order valence-corrected chi connectivity index (χ1v) is 15.7. The molecule has 2 aromatic carbocycles. The minimum atomic E-state index is -4.84. The van der Waals surface area contributed by atoms with Crippen molar-refractivity contribution in [2.24, 2.45) is 0 Å². The fourth-order valence-electron chi connectivity index (χ4n) is 4.18. The lowest BCUT2D eigenvalue weighted by molar-refractivity contribution is 0.0951. The Hall–Kier alpha value is -2.92. The van der Waals surface area contributed by atoms with Crippen LogP contribution in [0.1, 0.15) is 28.8 Å². The van der Waals surface area contributed by atoms with Crippen molar-refractivity contribution < 1.29 is 27.6 Å². The van der Waals surface area contributed by atoms with Crippen molar-refractivity contribution in [1.82, 2.24) is 14.9 Å². The second-order valence-electron chi connectivity index (χ2n) is 9.30. The van der Waals surface area contributed by atoms with E-state index < -0.39 is 23.9 Å². The van der Waals surface area contributed by atoms with Crippen LogP contribution in [0.5, 0.6) is 0 Å². The maximum atomic E-state index is 13.6. The summed E-state index contributed by atoms with van der Waals surface area (Å²) < 4.78 is 41.5. The van der Waals surface area contributed by atoms with Crippen LogP contribution in [0.25, 0.3) is 16.7 Å². The molecule has 0 atom stereocenters. The van der Waals surface area contributed by atoms with Crippen LogP contribution in [0.2, 0.25) is 10.0 Å². The molecule has 0 radical (unpaired) electrons. The van der Waals surface area contributed by atoms with Gasteiger partial charge >= 0.3 is 7.60 Å². The quantitative estimate of drug-likeness (QED) is 0.242.